The van der Waals surface area contributed by atoms with Gasteiger partial charge in [0.15, 0.2) is 7.14 Å². The quantitative estimate of drug-likeness (QED) is 0.101. The van der Waals surface area contributed by atoms with Crippen molar-refractivity contribution in [3.8, 4) is 11.5 Å². The maximum Gasteiger partial charge on any atom is 0.455 e. The van der Waals surface area contributed by atoms with Gasteiger partial charge in [0, 0.05) is 42.3 Å². The van der Waals surface area contributed by atoms with E-state index in [1.54, 1.807) is 68.2 Å². The van der Waals surface area contributed by atoms with E-state index >= 15 is 0 Å². The summed E-state index contributed by atoms with van der Waals surface area (Å²) in [7, 11) is -9.23. The van der Waals surface area contributed by atoms with Crippen LogP contribution in [0.25, 0.3) is 0 Å². The molecule has 0 radical (unpaired) electrons. The SMILES string of the molecule is C=CP(=O)(OC)OC.C=CP(=O)(OCC)OCC.C=CP(=O)(Oc1ccccc1)Oc1ccccc1.C=CP(=O)(c1ccccc1)c1ccccc1. The lowest BCUT2D eigenvalue weighted by Crippen LogP contribution is -2.13. The first-order valence-electron chi connectivity index (χ1n) is 15.8. The van der Waals surface area contributed by atoms with Gasteiger partial charge in [0.05, 0.1) is 13.2 Å². The van der Waals surface area contributed by atoms with Crippen LogP contribution in [-0.4, -0.2) is 27.4 Å². The average molecular weight is 789 g/mol. The fourth-order valence-electron chi connectivity index (χ4n) is 3.73. The molecule has 0 aromatic heterocycles. The third-order valence-corrected chi connectivity index (χ3v) is 13.5. The van der Waals surface area contributed by atoms with Crippen LogP contribution in [0.1, 0.15) is 13.8 Å². The molecule has 52 heavy (non-hydrogen) atoms. The molecule has 0 aliphatic heterocycles. The van der Waals surface area contributed by atoms with E-state index in [2.05, 4.69) is 35.4 Å². The molecule has 0 aliphatic rings. The monoisotopic (exact) mass is 788 g/mol. The van der Waals surface area contributed by atoms with Gasteiger partial charge in [0.2, 0.25) is 0 Å². The van der Waals surface area contributed by atoms with Crippen molar-refractivity contribution in [2.24, 2.45) is 0 Å². The van der Waals surface area contributed by atoms with Crippen molar-refractivity contribution >= 4 is 40.5 Å². The molecule has 0 bridgehead atoms. The third kappa shape index (κ3) is 16.3. The van der Waals surface area contributed by atoms with Gasteiger partial charge in [0.25, 0.3) is 0 Å². The Morgan fingerprint density at radius 3 is 1.00 bits per heavy atom. The second kappa shape index (κ2) is 24.4. The maximum absolute atomic E-state index is 12.9. The first-order valence-corrected chi connectivity index (χ1v) is 22.4. The Bertz CT molecular complexity index is 1710. The smallest absolute Gasteiger partial charge is 0.413 e. The van der Waals surface area contributed by atoms with Gasteiger partial charge in [-0.3, -0.25) is 9.13 Å². The van der Waals surface area contributed by atoms with E-state index in [0.29, 0.717) is 24.7 Å². The number of hydrogen-bond acceptors (Lipinski definition) is 10. The van der Waals surface area contributed by atoms with Crippen LogP contribution in [0.3, 0.4) is 0 Å². The molecule has 4 aromatic carbocycles. The van der Waals surface area contributed by atoms with Gasteiger partial charge in [-0.05, 0) is 43.9 Å². The summed E-state index contributed by atoms with van der Waals surface area (Å²) in [6.45, 7) is 18.1. The summed E-state index contributed by atoms with van der Waals surface area (Å²) in [5, 5.41) is 1.66. The van der Waals surface area contributed by atoms with Crippen LogP contribution in [0.4, 0.5) is 0 Å². The first kappa shape index (κ1) is 46.2. The van der Waals surface area contributed by atoms with Crippen LogP contribution in [0, 0.1) is 0 Å². The Hall–Kier alpha value is -3.80. The lowest BCUT2D eigenvalue weighted by molar-refractivity contribution is 0.229. The van der Waals surface area contributed by atoms with Crippen molar-refractivity contribution in [1.82, 2.24) is 0 Å². The Morgan fingerprint density at radius 1 is 0.462 bits per heavy atom. The second-order valence-electron chi connectivity index (χ2n) is 9.69. The highest BCUT2D eigenvalue weighted by atomic mass is 31.2. The number of para-hydroxylation sites is 2. The molecule has 0 aliphatic carbocycles. The Kier molecular flexibility index (Phi) is 21.7. The molecule has 0 fully saturated rings. The lowest BCUT2D eigenvalue weighted by Gasteiger charge is -2.16. The molecule has 280 valence electrons. The average Bonchev–Trinajstić information content (AvgIpc) is 3.19. The molecule has 0 atom stereocenters. The molecule has 0 saturated carbocycles. The fourth-order valence-corrected chi connectivity index (χ4v) is 8.15. The van der Waals surface area contributed by atoms with Gasteiger partial charge in [0.1, 0.15) is 11.5 Å². The van der Waals surface area contributed by atoms with Crippen LogP contribution in [0.5, 0.6) is 11.5 Å². The molecule has 0 saturated heterocycles. The summed E-state index contributed by atoms with van der Waals surface area (Å²) in [6.07, 6.45) is 0. The van der Waals surface area contributed by atoms with Crippen molar-refractivity contribution in [3.63, 3.8) is 0 Å². The van der Waals surface area contributed by atoms with Crippen molar-refractivity contribution in [2.75, 3.05) is 27.4 Å². The first-order chi connectivity index (χ1) is 24.9. The molecule has 0 N–H and O–H groups in total. The minimum Gasteiger partial charge on any atom is -0.413 e. The van der Waals surface area contributed by atoms with E-state index in [1.807, 2.05) is 72.8 Å². The van der Waals surface area contributed by atoms with Crippen LogP contribution in [-0.2, 0) is 36.4 Å². The topological polar surface area (TPSA) is 124 Å². The summed E-state index contributed by atoms with van der Waals surface area (Å²) >= 11 is 0. The van der Waals surface area contributed by atoms with Crippen molar-refractivity contribution in [3.05, 3.63) is 171 Å². The minimum absolute atomic E-state index is 0.378. The molecular weight excluding hydrogens is 740 g/mol. The molecule has 0 unspecified atom stereocenters. The van der Waals surface area contributed by atoms with Crippen molar-refractivity contribution in [1.29, 1.82) is 0 Å². The summed E-state index contributed by atoms with van der Waals surface area (Å²) in [6, 6.07) is 36.7. The minimum atomic E-state index is -3.38. The van der Waals surface area contributed by atoms with Gasteiger partial charge in [-0.1, -0.05) is 123 Å². The normalized spacial score (nSPS) is 11.0. The molecule has 0 spiro atoms. The zero-order valence-electron chi connectivity index (χ0n) is 30.0. The highest BCUT2D eigenvalue weighted by Gasteiger charge is 2.24. The third-order valence-electron chi connectivity index (χ3n) is 6.29. The predicted octanol–water partition coefficient (Wildman–Crippen LogP) is 11.6. The highest BCUT2D eigenvalue weighted by molar-refractivity contribution is 7.81. The van der Waals surface area contributed by atoms with Gasteiger partial charge in [-0.2, -0.15) is 0 Å². The van der Waals surface area contributed by atoms with Gasteiger partial charge < -0.3 is 31.7 Å². The summed E-state index contributed by atoms with van der Waals surface area (Å²) in [4.78, 5) is 0. The second-order valence-corrected chi connectivity index (χ2v) is 18.3. The molecule has 4 aromatic rings. The Labute approximate surface area is 308 Å². The van der Waals surface area contributed by atoms with Crippen molar-refractivity contribution < 1.29 is 45.4 Å². The number of hydrogen-bond donors (Lipinski definition) is 0. The Morgan fingerprint density at radius 2 is 0.769 bits per heavy atom. The van der Waals surface area contributed by atoms with Crippen LogP contribution < -0.4 is 19.7 Å². The van der Waals surface area contributed by atoms with Gasteiger partial charge >= 0.3 is 22.8 Å². The standard InChI is InChI=1S/C14H13O3P.C14H13OP.C6H13O3P.C4H9O3P/c1-2-18(15,16-13-9-5-3-6-10-13)17-14-11-7-4-8-12-14;1-2-16(15,13-9-5-3-6-10-13)14-11-7-4-8-12-14;1-4-8-10(7,6-3)9-5-2;1-4-8(5,6-2)7-3/h2-12H,1H2;2-12H,1H2;6H,3-5H2,1-2H3;4H,1H2,2-3H3. The van der Waals surface area contributed by atoms with E-state index in [-0.39, 0.29) is 0 Å². The maximum atomic E-state index is 12.9. The van der Waals surface area contributed by atoms with Crippen LogP contribution in [0.2, 0.25) is 0 Å². The fraction of sp³-hybridized carbons (Fsp3) is 0.158. The predicted molar refractivity (Wildman–Crippen MR) is 215 cm³/mol. The Balaban J connectivity index is 0.000000365. The number of benzene rings is 4. The van der Waals surface area contributed by atoms with Crippen LogP contribution >= 0.6 is 29.9 Å². The van der Waals surface area contributed by atoms with Crippen molar-refractivity contribution in [2.45, 2.75) is 13.8 Å². The van der Waals surface area contributed by atoms with E-state index in [9.17, 15) is 18.3 Å². The van der Waals surface area contributed by atoms with E-state index < -0.39 is 29.9 Å². The van der Waals surface area contributed by atoms with Gasteiger partial charge in [-0.15, -0.1) is 0 Å². The number of rotatable bonds is 16. The molecule has 0 amide bonds. The molecule has 14 heteroatoms. The highest BCUT2D eigenvalue weighted by Crippen LogP contribution is 2.50. The van der Waals surface area contributed by atoms with E-state index in [4.69, 9.17) is 18.1 Å². The van der Waals surface area contributed by atoms with E-state index in [1.165, 1.54) is 25.9 Å². The molecule has 0 heterocycles. The molecule has 10 nitrogen and oxygen atoms in total. The largest absolute Gasteiger partial charge is 0.455 e. The van der Waals surface area contributed by atoms with Gasteiger partial charge in [-0.25, -0.2) is 4.57 Å². The van der Waals surface area contributed by atoms with E-state index in [0.717, 1.165) is 16.4 Å². The lowest BCUT2D eigenvalue weighted by atomic mass is 10.3. The summed E-state index contributed by atoms with van der Waals surface area (Å²) < 4.78 is 76.5. The molecule has 4 rings (SSSR count). The van der Waals surface area contributed by atoms with Crippen LogP contribution in [0.15, 0.2) is 171 Å². The summed E-state index contributed by atoms with van der Waals surface area (Å²) in [5.41, 5.74) is 0. The zero-order valence-corrected chi connectivity index (χ0v) is 33.5. The molecular formula is C38H48O10P4. The zero-order chi connectivity index (χ0) is 38.9. The summed E-state index contributed by atoms with van der Waals surface area (Å²) in [5.74, 6) is 6.12.